The number of furan rings is 1. The Morgan fingerprint density at radius 3 is 2.02 bits per heavy atom. The molecule has 0 aliphatic rings. The Hall–Kier alpha value is -6.46. The van der Waals surface area contributed by atoms with Crippen LogP contribution >= 0.6 is 0 Å². The Balaban J connectivity index is 1.31. The van der Waals surface area contributed by atoms with Gasteiger partial charge in [0.15, 0.2) is 0 Å². The van der Waals surface area contributed by atoms with E-state index in [2.05, 4.69) is 130 Å². The van der Waals surface area contributed by atoms with E-state index in [1.54, 1.807) is 0 Å². The fourth-order valence-corrected chi connectivity index (χ4v) is 7.54. The van der Waals surface area contributed by atoms with Crippen LogP contribution in [0.3, 0.4) is 0 Å². The minimum atomic E-state index is 0.705. The number of nitrogens with two attached hydrogens (primary N) is 2. The number of aromatic nitrogens is 2. The first kappa shape index (κ1) is 25.8. The standard InChI is InChI=1S/C42H28N4O/c43-26-16-20-36-33(23-26)30-10-4-6-12-35(30)46(36)39-24-27(44)15-17-29(39)25-14-19-37-34(22-25)41-38(45(37)28-8-2-1-3-9-28)21-18-32-31-11-5-7-13-40(31)47-42(32)41/h1-24H,43-44H2. The molecule has 0 unspecified atom stereocenters. The van der Waals surface area contributed by atoms with Crippen molar-refractivity contribution in [1.29, 1.82) is 0 Å². The van der Waals surface area contributed by atoms with Crippen LogP contribution in [0.2, 0.25) is 0 Å². The maximum Gasteiger partial charge on any atom is 0.145 e. The second-order valence-corrected chi connectivity index (χ2v) is 12.2. The molecule has 10 rings (SSSR count). The molecule has 4 N–H and O–H groups in total. The highest BCUT2D eigenvalue weighted by molar-refractivity contribution is 6.24. The molecule has 0 amide bonds. The Morgan fingerprint density at radius 1 is 0.447 bits per heavy atom. The zero-order valence-electron chi connectivity index (χ0n) is 25.3. The number of nitrogens with zero attached hydrogens (tertiary/aromatic N) is 2. The summed E-state index contributed by atoms with van der Waals surface area (Å²) < 4.78 is 11.3. The molecule has 222 valence electrons. The molecule has 0 saturated carbocycles. The molecule has 0 fully saturated rings. The van der Waals surface area contributed by atoms with E-state index in [1.165, 1.54) is 0 Å². The Kier molecular flexibility index (Phi) is 5.23. The Labute approximate surface area is 269 Å². The van der Waals surface area contributed by atoms with Crippen LogP contribution in [0.15, 0.2) is 150 Å². The third-order valence-corrected chi connectivity index (χ3v) is 9.56. The zero-order valence-corrected chi connectivity index (χ0v) is 25.3. The minimum Gasteiger partial charge on any atom is -0.455 e. The number of hydrogen-bond acceptors (Lipinski definition) is 3. The first-order chi connectivity index (χ1) is 23.1. The van der Waals surface area contributed by atoms with Crippen LogP contribution < -0.4 is 11.5 Å². The second kappa shape index (κ2) is 9.52. The average molecular weight is 605 g/mol. The summed E-state index contributed by atoms with van der Waals surface area (Å²) >= 11 is 0. The van der Waals surface area contributed by atoms with Crippen molar-refractivity contribution in [3.63, 3.8) is 0 Å². The number of para-hydroxylation sites is 3. The molecule has 0 bridgehead atoms. The van der Waals surface area contributed by atoms with Gasteiger partial charge in [0.2, 0.25) is 0 Å². The summed E-state index contributed by atoms with van der Waals surface area (Å²) in [4.78, 5) is 0. The molecular weight excluding hydrogens is 576 g/mol. The zero-order chi connectivity index (χ0) is 31.2. The lowest BCUT2D eigenvalue weighted by Crippen LogP contribution is -1.99. The van der Waals surface area contributed by atoms with Crippen molar-refractivity contribution < 1.29 is 4.42 Å². The van der Waals surface area contributed by atoms with E-state index < -0.39 is 0 Å². The first-order valence-electron chi connectivity index (χ1n) is 15.8. The number of rotatable bonds is 3. The van der Waals surface area contributed by atoms with Gasteiger partial charge in [-0.3, -0.25) is 0 Å². The molecule has 5 nitrogen and oxygen atoms in total. The molecule has 0 spiro atoms. The molecule has 0 saturated heterocycles. The minimum absolute atomic E-state index is 0.705. The molecule has 0 atom stereocenters. The lowest BCUT2D eigenvalue weighted by molar-refractivity contribution is 0.673. The van der Waals surface area contributed by atoms with Gasteiger partial charge in [-0.25, -0.2) is 0 Å². The molecule has 0 aliphatic heterocycles. The summed E-state index contributed by atoms with van der Waals surface area (Å²) in [5.41, 5.74) is 24.7. The monoisotopic (exact) mass is 604 g/mol. The van der Waals surface area contributed by atoms with Crippen molar-refractivity contribution >= 4 is 76.9 Å². The predicted octanol–water partition coefficient (Wildman–Crippen LogP) is 10.6. The van der Waals surface area contributed by atoms with Crippen molar-refractivity contribution in [3.8, 4) is 22.5 Å². The van der Waals surface area contributed by atoms with E-state index >= 15 is 0 Å². The predicted molar refractivity (Wildman–Crippen MR) is 197 cm³/mol. The largest absolute Gasteiger partial charge is 0.455 e. The van der Waals surface area contributed by atoms with Crippen molar-refractivity contribution in [2.24, 2.45) is 0 Å². The lowest BCUT2D eigenvalue weighted by atomic mass is 9.99. The van der Waals surface area contributed by atoms with Gasteiger partial charge >= 0.3 is 0 Å². The molecular formula is C42H28N4O. The molecule has 7 aromatic carbocycles. The summed E-state index contributed by atoms with van der Waals surface area (Å²) in [5.74, 6) is 0. The average Bonchev–Trinajstić information content (AvgIpc) is 3.75. The maximum atomic E-state index is 6.63. The van der Waals surface area contributed by atoms with Gasteiger partial charge in [-0.05, 0) is 84.4 Å². The Morgan fingerprint density at radius 2 is 1.13 bits per heavy atom. The number of anilines is 2. The molecule has 3 aromatic heterocycles. The third-order valence-electron chi connectivity index (χ3n) is 9.56. The molecule has 3 heterocycles. The molecule has 10 aromatic rings. The van der Waals surface area contributed by atoms with Crippen molar-refractivity contribution in [1.82, 2.24) is 9.13 Å². The van der Waals surface area contributed by atoms with Gasteiger partial charge in [0.25, 0.3) is 0 Å². The van der Waals surface area contributed by atoms with Gasteiger partial charge in [-0.15, -0.1) is 0 Å². The Bertz CT molecular complexity index is 2870. The fraction of sp³-hybridized carbons (Fsp3) is 0. The number of fused-ring (bicyclic) bond motifs is 10. The van der Waals surface area contributed by atoms with Crippen LogP contribution in [0, 0.1) is 0 Å². The van der Waals surface area contributed by atoms with Gasteiger partial charge in [-0.2, -0.15) is 0 Å². The van der Waals surface area contributed by atoms with Gasteiger partial charge < -0.3 is 25.0 Å². The summed E-state index contributed by atoms with van der Waals surface area (Å²) in [6, 6.07) is 50.8. The van der Waals surface area contributed by atoms with Crippen LogP contribution in [-0.2, 0) is 0 Å². The summed E-state index contributed by atoms with van der Waals surface area (Å²) in [6.07, 6.45) is 0. The van der Waals surface area contributed by atoms with E-state index in [-0.39, 0.29) is 0 Å². The third kappa shape index (κ3) is 3.65. The van der Waals surface area contributed by atoms with Crippen LogP contribution in [0.5, 0.6) is 0 Å². The van der Waals surface area contributed by atoms with Crippen LogP contribution in [0.4, 0.5) is 11.4 Å². The van der Waals surface area contributed by atoms with Crippen LogP contribution in [0.25, 0.3) is 88.1 Å². The van der Waals surface area contributed by atoms with Gasteiger partial charge in [0.05, 0.1) is 33.1 Å². The van der Waals surface area contributed by atoms with Crippen LogP contribution in [-0.4, -0.2) is 9.13 Å². The summed E-state index contributed by atoms with van der Waals surface area (Å²) in [5, 5.41) is 6.73. The quantitative estimate of drug-likeness (QED) is 0.197. The van der Waals surface area contributed by atoms with Crippen molar-refractivity contribution in [3.05, 3.63) is 146 Å². The maximum absolute atomic E-state index is 6.63. The van der Waals surface area contributed by atoms with Crippen molar-refractivity contribution in [2.75, 3.05) is 11.5 Å². The first-order valence-corrected chi connectivity index (χ1v) is 15.8. The lowest BCUT2D eigenvalue weighted by Gasteiger charge is -2.15. The number of nitrogen functional groups attached to an aromatic ring is 2. The van der Waals surface area contributed by atoms with Gasteiger partial charge in [0.1, 0.15) is 11.2 Å². The highest BCUT2D eigenvalue weighted by Gasteiger charge is 2.21. The molecule has 47 heavy (non-hydrogen) atoms. The van der Waals surface area contributed by atoms with E-state index in [1.807, 2.05) is 24.3 Å². The highest BCUT2D eigenvalue weighted by atomic mass is 16.3. The highest BCUT2D eigenvalue weighted by Crippen LogP contribution is 2.43. The van der Waals surface area contributed by atoms with E-state index in [0.717, 1.165) is 93.7 Å². The smallest absolute Gasteiger partial charge is 0.145 e. The van der Waals surface area contributed by atoms with Crippen LogP contribution in [0.1, 0.15) is 0 Å². The molecule has 0 radical (unpaired) electrons. The van der Waals surface area contributed by atoms with E-state index in [0.29, 0.717) is 5.69 Å². The second-order valence-electron chi connectivity index (χ2n) is 12.2. The fourth-order valence-electron chi connectivity index (χ4n) is 7.54. The van der Waals surface area contributed by atoms with Gasteiger partial charge in [0, 0.05) is 49.6 Å². The summed E-state index contributed by atoms with van der Waals surface area (Å²) in [6.45, 7) is 0. The number of benzene rings is 7. The topological polar surface area (TPSA) is 75.0 Å². The van der Waals surface area contributed by atoms with Gasteiger partial charge in [-0.1, -0.05) is 66.7 Å². The van der Waals surface area contributed by atoms with Crippen molar-refractivity contribution in [2.45, 2.75) is 0 Å². The summed E-state index contributed by atoms with van der Waals surface area (Å²) in [7, 11) is 0. The molecule has 0 aliphatic carbocycles. The van der Waals surface area contributed by atoms with E-state index in [9.17, 15) is 0 Å². The van der Waals surface area contributed by atoms with E-state index in [4.69, 9.17) is 15.9 Å². The normalized spacial score (nSPS) is 12.0. The SMILES string of the molecule is Nc1ccc(-c2ccc3c(c2)c2c4oc5ccccc5c4ccc2n3-c2ccccc2)c(-n2c3ccccc3c3cc(N)ccc32)c1. The molecule has 5 heteroatoms. The number of hydrogen-bond donors (Lipinski definition) is 2.